The van der Waals surface area contributed by atoms with Crippen LogP contribution in [-0.2, 0) is 6.42 Å². The Morgan fingerprint density at radius 1 is 0.783 bits per heavy atom. The van der Waals surface area contributed by atoms with Gasteiger partial charge in [0.1, 0.15) is 0 Å². The SMILES string of the molecule is CC(C)c1c(Cl)ccc(CC(C)c2c(Cl)cc(Cl)cc2Cl)c1Cl. The summed E-state index contributed by atoms with van der Waals surface area (Å²) in [6.07, 6.45) is 0.719. The van der Waals surface area contributed by atoms with Crippen LogP contribution in [0.5, 0.6) is 0 Å². The van der Waals surface area contributed by atoms with Crippen molar-refractivity contribution in [3.8, 4) is 0 Å². The zero-order chi connectivity index (χ0) is 17.3. The molecule has 23 heavy (non-hydrogen) atoms. The van der Waals surface area contributed by atoms with E-state index >= 15 is 0 Å². The van der Waals surface area contributed by atoms with Crippen LogP contribution in [0, 0.1) is 0 Å². The van der Waals surface area contributed by atoms with Crippen LogP contribution in [0.2, 0.25) is 25.1 Å². The zero-order valence-corrected chi connectivity index (χ0v) is 16.8. The lowest BCUT2D eigenvalue weighted by molar-refractivity contribution is 0.756. The lowest BCUT2D eigenvalue weighted by Gasteiger charge is -2.19. The van der Waals surface area contributed by atoms with Gasteiger partial charge >= 0.3 is 0 Å². The van der Waals surface area contributed by atoms with Gasteiger partial charge in [-0.3, -0.25) is 0 Å². The second kappa shape index (κ2) is 7.85. The number of hydrogen-bond acceptors (Lipinski definition) is 0. The highest BCUT2D eigenvalue weighted by atomic mass is 35.5. The second-order valence-electron chi connectivity index (χ2n) is 5.98. The minimum absolute atomic E-state index is 0.103. The van der Waals surface area contributed by atoms with Crippen molar-refractivity contribution in [1.82, 2.24) is 0 Å². The largest absolute Gasteiger partial charge is 0.0842 e. The van der Waals surface area contributed by atoms with Crippen molar-refractivity contribution in [3.05, 3.63) is 66.1 Å². The van der Waals surface area contributed by atoms with E-state index in [1.807, 2.05) is 12.1 Å². The predicted octanol–water partition coefficient (Wildman–Crippen LogP) is 8.42. The van der Waals surface area contributed by atoms with Crippen molar-refractivity contribution in [2.24, 2.45) is 0 Å². The van der Waals surface area contributed by atoms with Crippen molar-refractivity contribution in [1.29, 1.82) is 0 Å². The first kappa shape index (κ1) is 19.2. The molecule has 0 aliphatic rings. The average molecular weight is 411 g/mol. The minimum Gasteiger partial charge on any atom is -0.0842 e. The summed E-state index contributed by atoms with van der Waals surface area (Å²) in [4.78, 5) is 0. The summed E-state index contributed by atoms with van der Waals surface area (Å²) in [7, 11) is 0. The molecule has 0 bridgehead atoms. The normalized spacial score (nSPS) is 12.7. The van der Waals surface area contributed by atoms with Gasteiger partial charge in [-0.2, -0.15) is 0 Å². The fourth-order valence-electron chi connectivity index (χ4n) is 2.76. The maximum absolute atomic E-state index is 6.57. The third-order valence-corrected chi connectivity index (χ3v) is 5.47. The Kier molecular flexibility index (Phi) is 6.56. The van der Waals surface area contributed by atoms with Crippen molar-refractivity contribution >= 4 is 58.0 Å². The molecule has 2 aromatic rings. The van der Waals surface area contributed by atoms with Gasteiger partial charge in [0.2, 0.25) is 0 Å². The van der Waals surface area contributed by atoms with E-state index in [1.54, 1.807) is 12.1 Å². The Hall–Kier alpha value is -0.110. The van der Waals surface area contributed by atoms with Crippen LogP contribution in [0.3, 0.4) is 0 Å². The van der Waals surface area contributed by atoms with E-state index in [2.05, 4.69) is 20.8 Å². The van der Waals surface area contributed by atoms with Crippen LogP contribution in [0.1, 0.15) is 49.3 Å². The summed E-state index contributed by atoms with van der Waals surface area (Å²) in [5.74, 6) is 0.360. The molecule has 0 amide bonds. The molecular formula is C18H17Cl5. The average Bonchev–Trinajstić information content (AvgIpc) is 2.40. The highest BCUT2D eigenvalue weighted by Gasteiger charge is 2.19. The molecule has 0 spiro atoms. The van der Waals surface area contributed by atoms with Gasteiger partial charge in [0, 0.05) is 25.1 Å². The molecule has 0 N–H and O–H groups in total. The van der Waals surface area contributed by atoms with Crippen LogP contribution in [-0.4, -0.2) is 0 Å². The maximum Gasteiger partial charge on any atom is 0.0487 e. The van der Waals surface area contributed by atoms with E-state index < -0.39 is 0 Å². The van der Waals surface area contributed by atoms with Gasteiger partial charge in [-0.25, -0.2) is 0 Å². The molecule has 0 saturated heterocycles. The molecule has 0 heterocycles. The first-order chi connectivity index (χ1) is 10.7. The summed E-state index contributed by atoms with van der Waals surface area (Å²) >= 11 is 31.5. The smallest absolute Gasteiger partial charge is 0.0487 e. The number of hydrogen-bond donors (Lipinski definition) is 0. The van der Waals surface area contributed by atoms with Gasteiger partial charge < -0.3 is 0 Å². The number of halogens is 5. The molecule has 124 valence electrons. The van der Waals surface area contributed by atoms with Gasteiger partial charge in [-0.05, 0) is 53.1 Å². The summed E-state index contributed by atoms with van der Waals surface area (Å²) in [5.41, 5.74) is 2.90. The van der Waals surface area contributed by atoms with E-state index in [9.17, 15) is 0 Å². The highest BCUT2D eigenvalue weighted by molar-refractivity contribution is 6.39. The molecule has 0 radical (unpaired) electrons. The predicted molar refractivity (Wildman–Crippen MR) is 104 cm³/mol. The third-order valence-electron chi connectivity index (χ3n) is 3.85. The highest BCUT2D eigenvalue weighted by Crippen LogP contribution is 2.39. The second-order valence-corrected chi connectivity index (χ2v) is 8.01. The molecule has 1 unspecified atom stereocenters. The standard InChI is InChI=1S/C18H17Cl5/c1-9(2)16-13(20)5-4-11(18(16)23)6-10(3)17-14(21)7-12(19)8-15(17)22/h4-5,7-10H,6H2,1-3H3. The van der Waals surface area contributed by atoms with Crippen molar-refractivity contribution < 1.29 is 0 Å². The first-order valence-electron chi connectivity index (χ1n) is 7.33. The molecule has 0 aliphatic carbocycles. The van der Waals surface area contributed by atoms with Crippen molar-refractivity contribution in [2.75, 3.05) is 0 Å². The summed E-state index contributed by atoms with van der Waals surface area (Å²) in [5, 5.41) is 3.10. The molecule has 1 atom stereocenters. The van der Waals surface area contributed by atoms with E-state index in [-0.39, 0.29) is 11.8 Å². The fraction of sp³-hybridized carbons (Fsp3) is 0.333. The van der Waals surface area contributed by atoms with E-state index in [0.29, 0.717) is 20.1 Å². The molecule has 0 aliphatic heterocycles. The first-order valence-corrected chi connectivity index (χ1v) is 9.22. The van der Waals surface area contributed by atoms with E-state index in [1.165, 1.54) is 0 Å². The minimum atomic E-state index is 0.103. The topological polar surface area (TPSA) is 0 Å². The van der Waals surface area contributed by atoms with Gasteiger partial charge in [0.15, 0.2) is 0 Å². The Bertz CT molecular complexity index is 699. The van der Waals surface area contributed by atoms with Gasteiger partial charge in [0.25, 0.3) is 0 Å². The third kappa shape index (κ3) is 4.30. The van der Waals surface area contributed by atoms with Crippen LogP contribution in [0.25, 0.3) is 0 Å². The maximum atomic E-state index is 6.57. The van der Waals surface area contributed by atoms with Crippen molar-refractivity contribution in [3.63, 3.8) is 0 Å². The number of benzene rings is 2. The molecule has 0 fully saturated rings. The molecule has 5 heteroatoms. The van der Waals surface area contributed by atoms with E-state index in [0.717, 1.165) is 28.1 Å². The molecule has 2 rings (SSSR count). The fourth-order valence-corrected chi connectivity index (χ4v) is 4.83. The Balaban J connectivity index is 2.39. The Morgan fingerprint density at radius 3 is 1.87 bits per heavy atom. The lowest BCUT2D eigenvalue weighted by Crippen LogP contribution is -2.03. The van der Waals surface area contributed by atoms with Crippen LogP contribution >= 0.6 is 58.0 Å². The van der Waals surface area contributed by atoms with Crippen LogP contribution in [0.4, 0.5) is 0 Å². The Morgan fingerprint density at radius 2 is 1.35 bits per heavy atom. The van der Waals surface area contributed by atoms with Gasteiger partial charge in [-0.1, -0.05) is 84.8 Å². The quantitative estimate of drug-likeness (QED) is 0.474. The van der Waals surface area contributed by atoms with Crippen LogP contribution in [0.15, 0.2) is 24.3 Å². The Labute approximate surface area is 162 Å². The number of rotatable bonds is 4. The molecular weight excluding hydrogens is 393 g/mol. The summed E-state index contributed by atoms with van der Waals surface area (Å²) in [6, 6.07) is 7.29. The van der Waals surface area contributed by atoms with Crippen LogP contribution < -0.4 is 0 Å². The molecule has 2 aromatic carbocycles. The summed E-state index contributed by atoms with van der Waals surface area (Å²) in [6.45, 7) is 6.22. The lowest BCUT2D eigenvalue weighted by atomic mass is 9.91. The zero-order valence-electron chi connectivity index (χ0n) is 13.1. The monoisotopic (exact) mass is 408 g/mol. The summed E-state index contributed by atoms with van der Waals surface area (Å²) < 4.78 is 0. The van der Waals surface area contributed by atoms with Gasteiger partial charge in [0.05, 0.1) is 0 Å². The van der Waals surface area contributed by atoms with E-state index in [4.69, 9.17) is 58.0 Å². The molecule has 0 aromatic heterocycles. The van der Waals surface area contributed by atoms with Crippen molar-refractivity contribution in [2.45, 2.75) is 39.0 Å². The molecule has 0 saturated carbocycles. The molecule has 0 nitrogen and oxygen atoms in total. The van der Waals surface area contributed by atoms with Gasteiger partial charge in [-0.15, -0.1) is 0 Å².